The summed E-state index contributed by atoms with van der Waals surface area (Å²) in [4.78, 5) is 2.67. The van der Waals surface area contributed by atoms with Gasteiger partial charge in [0.25, 0.3) is 0 Å². The molecule has 5 unspecified atom stereocenters. The fourth-order valence-electron chi connectivity index (χ4n) is 12.1. The number of hydrogen-bond donors (Lipinski definition) is 0. The van der Waals surface area contributed by atoms with Gasteiger partial charge in [0.1, 0.15) is 0 Å². The first-order chi connectivity index (χ1) is 26.5. The summed E-state index contributed by atoms with van der Waals surface area (Å²) in [7, 11) is 0. The highest BCUT2D eigenvalue weighted by Crippen LogP contribution is 2.67. The molecule has 54 heavy (non-hydrogen) atoms. The molecule has 0 saturated heterocycles. The smallest absolute Gasteiger partial charge is 0.0459 e. The molecule has 4 saturated carbocycles. The van der Waals surface area contributed by atoms with E-state index in [0.29, 0.717) is 17.8 Å². The van der Waals surface area contributed by atoms with Gasteiger partial charge < -0.3 is 4.90 Å². The first-order valence-electron chi connectivity index (χ1n) is 21.3. The largest absolute Gasteiger partial charge is 0.313 e. The second-order valence-electron chi connectivity index (χ2n) is 18.2. The maximum Gasteiger partial charge on any atom is 0.0459 e. The SMILES string of the molecule is CC1(C)C2=C(c3ccccc31)C1CC1C(N(c1ccc(-c3ccc(C4CC5CCC4C5)cc3)cc1)c1ccc(C3CCCCC3)cc1)=C2c1ccccc1. The van der Waals surface area contributed by atoms with Gasteiger partial charge in [0.15, 0.2) is 0 Å². The van der Waals surface area contributed by atoms with Crippen LogP contribution in [0.2, 0.25) is 0 Å². The Morgan fingerprint density at radius 2 is 1.17 bits per heavy atom. The summed E-state index contributed by atoms with van der Waals surface area (Å²) in [5, 5.41) is 0. The Hall–Kier alpha value is -4.62. The van der Waals surface area contributed by atoms with Gasteiger partial charge in [0, 0.05) is 34.0 Å². The van der Waals surface area contributed by atoms with Crippen molar-refractivity contribution < 1.29 is 0 Å². The Labute approximate surface area is 322 Å². The van der Waals surface area contributed by atoms with Crippen molar-refractivity contribution in [3.05, 3.63) is 166 Å². The zero-order valence-corrected chi connectivity index (χ0v) is 32.1. The summed E-state index contributed by atoms with van der Waals surface area (Å²) in [5.41, 5.74) is 18.5. The van der Waals surface area contributed by atoms with Gasteiger partial charge in [-0.05, 0) is 142 Å². The maximum absolute atomic E-state index is 2.67. The average molecular weight is 704 g/mol. The lowest BCUT2D eigenvalue weighted by Gasteiger charge is -2.37. The van der Waals surface area contributed by atoms with Crippen molar-refractivity contribution in [2.75, 3.05) is 4.90 Å². The van der Waals surface area contributed by atoms with E-state index < -0.39 is 0 Å². The molecule has 5 atom stereocenters. The van der Waals surface area contributed by atoms with Gasteiger partial charge in [-0.3, -0.25) is 0 Å². The van der Waals surface area contributed by atoms with Crippen LogP contribution in [0, 0.1) is 23.7 Å². The Kier molecular flexibility index (Phi) is 7.73. The van der Waals surface area contributed by atoms with Crippen LogP contribution in [-0.2, 0) is 5.41 Å². The first kappa shape index (κ1) is 32.8. The van der Waals surface area contributed by atoms with Gasteiger partial charge in [-0.2, -0.15) is 0 Å². The van der Waals surface area contributed by atoms with Crippen molar-refractivity contribution in [3.63, 3.8) is 0 Å². The van der Waals surface area contributed by atoms with Gasteiger partial charge in [-0.1, -0.05) is 143 Å². The third-order valence-corrected chi connectivity index (χ3v) is 14.9. The number of benzene rings is 5. The van der Waals surface area contributed by atoms with Gasteiger partial charge in [0.05, 0.1) is 0 Å². The molecule has 5 aromatic rings. The Bertz CT molecular complexity index is 2260. The molecule has 0 amide bonds. The zero-order valence-electron chi connectivity index (χ0n) is 32.1. The van der Waals surface area contributed by atoms with Gasteiger partial charge in [-0.25, -0.2) is 0 Å². The van der Waals surface area contributed by atoms with Crippen molar-refractivity contribution in [1.29, 1.82) is 0 Å². The maximum atomic E-state index is 2.67. The highest BCUT2D eigenvalue weighted by Gasteiger charge is 2.56. The van der Waals surface area contributed by atoms with Crippen molar-refractivity contribution in [2.24, 2.45) is 23.7 Å². The number of anilines is 2. The number of allylic oxidation sites excluding steroid dienone is 4. The van der Waals surface area contributed by atoms with Gasteiger partial charge in [-0.15, -0.1) is 0 Å². The van der Waals surface area contributed by atoms with E-state index in [1.165, 1.54) is 120 Å². The predicted molar refractivity (Wildman–Crippen MR) is 226 cm³/mol. The molecule has 0 spiro atoms. The number of nitrogens with zero attached hydrogens (tertiary/aromatic N) is 1. The molecule has 2 bridgehead atoms. The molecular formula is C53H53N. The normalized spacial score (nSPS) is 26.4. The molecule has 0 heterocycles. The Morgan fingerprint density at radius 1 is 0.519 bits per heavy atom. The average Bonchev–Trinajstić information content (AvgIpc) is 3.61. The summed E-state index contributed by atoms with van der Waals surface area (Å²) in [6.45, 7) is 4.94. The fraction of sp³-hybridized carbons (Fsp3) is 0.358. The molecule has 1 nitrogen and oxygen atoms in total. The number of hydrogen-bond acceptors (Lipinski definition) is 1. The summed E-state index contributed by atoms with van der Waals surface area (Å²) in [5.74, 6) is 4.41. The van der Waals surface area contributed by atoms with Crippen molar-refractivity contribution >= 4 is 22.5 Å². The highest BCUT2D eigenvalue weighted by atomic mass is 15.2. The summed E-state index contributed by atoms with van der Waals surface area (Å²) >= 11 is 0. The molecule has 4 fully saturated rings. The quantitative estimate of drug-likeness (QED) is 0.163. The molecule has 1 heteroatoms. The molecule has 0 aromatic heterocycles. The van der Waals surface area contributed by atoms with Crippen LogP contribution in [0.1, 0.15) is 118 Å². The molecule has 11 rings (SSSR count). The van der Waals surface area contributed by atoms with Crippen LogP contribution in [0.3, 0.4) is 0 Å². The lowest BCUT2D eigenvalue weighted by Crippen LogP contribution is -2.26. The number of rotatable bonds is 7. The van der Waals surface area contributed by atoms with E-state index >= 15 is 0 Å². The lowest BCUT2D eigenvalue weighted by atomic mass is 9.73. The van der Waals surface area contributed by atoms with Gasteiger partial charge >= 0.3 is 0 Å². The summed E-state index contributed by atoms with van der Waals surface area (Å²) in [6, 6.07) is 49.6. The summed E-state index contributed by atoms with van der Waals surface area (Å²) < 4.78 is 0. The third-order valence-electron chi connectivity index (χ3n) is 14.9. The van der Waals surface area contributed by atoms with Crippen LogP contribution in [-0.4, -0.2) is 0 Å². The van der Waals surface area contributed by atoms with Crippen LogP contribution in [0.25, 0.3) is 22.3 Å². The molecule has 5 aromatic carbocycles. The summed E-state index contributed by atoms with van der Waals surface area (Å²) in [6.07, 6.45) is 13.7. The van der Waals surface area contributed by atoms with Crippen LogP contribution in [0.4, 0.5) is 11.4 Å². The number of fused-ring (bicyclic) bond motifs is 6. The van der Waals surface area contributed by atoms with E-state index in [9.17, 15) is 0 Å². The van der Waals surface area contributed by atoms with Crippen LogP contribution >= 0.6 is 0 Å². The standard InChI is InChI=1S/C53H53N/c1-53(2)48-16-10-9-15-44(48)50-46-33-47(46)52(49(51(50)53)40-13-7-4-8-14-40)54(42-27-23-37(24-28-42)35-11-5-3-6-12-35)43-29-25-38(26-30-43)36-19-21-39(22-20-36)45-32-34-17-18-41(45)31-34/h4,7-10,13-16,19-30,34-35,41,45-47H,3,5-6,11-12,17-18,31-33H2,1-2H3. The molecule has 0 aliphatic heterocycles. The minimum absolute atomic E-state index is 0.0829. The van der Waals surface area contributed by atoms with E-state index in [1.54, 1.807) is 16.7 Å². The minimum atomic E-state index is -0.0829. The molecule has 0 N–H and O–H groups in total. The first-order valence-corrected chi connectivity index (χ1v) is 21.3. The van der Waals surface area contributed by atoms with E-state index in [1.807, 2.05) is 0 Å². The van der Waals surface area contributed by atoms with E-state index in [-0.39, 0.29) is 5.41 Å². The molecule has 6 aliphatic carbocycles. The van der Waals surface area contributed by atoms with Crippen molar-refractivity contribution in [1.82, 2.24) is 0 Å². The minimum Gasteiger partial charge on any atom is -0.313 e. The monoisotopic (exact) mass is 703 g/mol. The Balaban J connectivity index is 1.04. The molecule has 270 valence electrons. The van der Waals surface area contributed by atoms with Crippen LogP contribution < -0.4 is 4.90 Å². The second kappa shape index (κ2) is 12.7. The topological polar surface area (TPSA) is 3.24 Å². The predicted octanol–water partition coefficient (Wildman–Crippen LogP) is 14.2. The molecular weight excluding hydrogens is 651 g/mol. The second-order valence-corrected chi connectivity index (χ2v) is 18.2. The van der Waals surface area contributed by atoms with E-state index in [2.05, 4.69) is 146 Å². The van der Waals surface area contributed by atoms with Crippen LogP contribution in [0.5, 0.6) is 0 Å². The fourth-order valence-corrected chi connectivity index (χ4v) is 12.1. The van der Waals surface area contributed by atoms with E-state index in [4.69, 9.17) is 0 Å². The lowest BCUT2D eigenvalue weighted by molar-refractivity contribution is 0.420. The third kappa shape index (κ3) is 5.25. The van der Waals surface area contributed by atoms with Crippen LogP contribution in [0.15, 0.2) is 139 Å². The van der Waals surface area contributed by atoms with Crippen molar-refractivity contribution in [3.8, 4) is 11.1 Å². The van der Waals surface area contributed by atoms with Gasteiger partial charge in [0.2, 0.25) is 0 Å². The zero-order chi connectivity index (χ0) is 36.0. The molecule has 6 aliphatic rings. The Morgan fingerprint density at radius 3 is 1.85 bits per heavy atom. The molecule has 0 radical (unpaired) electrons. The highest BCUT2D eigenvalue weighted by molar-refractivity contribution is 6.03. The van der Waals surface area contributed by atoms with E-state index in [0.717, 1.165) is 17.8 Å². The van der Waals surface area contributed by atoms with Crippen molar-refractivity contribution in [2.45, 2.75) is 95.3 Å².